The van der Waals surface area contributed by atoms with Gasteiger partial charge in [-0.25, -0.2) is 0 Å². The van der Waals surface area contributed by atoms with Crippen LogP contribution >= 0.6 is 0 Å². The number of aryl methyl sites for hydroxylation is 1. The molecule has 0 bridgehead atoms. The predicted molar refractivity (Wildman–Crippen MR) is 98.9 cm³/mol. The first-order chi connectivity index (χ1) is 12.8. The molecule has 2 fully saturated rings. The van der Waals surface area contributed by atoms with Crippen LogP contribution in [0.5, 0.6) is 11.5 Å². The van der Waals surface area contributed by atoms with Crippen molar-refractivity contribution in [3.63, 3.8) is 0 Å². The van der Waals surface area contributed by atoms with Crippen LogP contribution in [0.1, 0.15) is 36.2 Å². The van der Waals surface area contributed by atoms with Crippen LogP contribution in [-0.2, 0) is 11.2 Å². The highest BCUT2D eigenvalue weighted by molar-refractivity contribution is 6.59. The summed E-state index contributed by atoms with van der Waals surface area (Å²) in [5, 5.41) is 34.3. The van der Waals surface area contributed by atoms with Gasteiger partial charge in [-0.05, 0) is 37.4 Å². The first-order valence-corrected chi connectivity index (χ1v) is 9.19. The average Bonchev–Trinajstić information content (AvgIpc) is 3.10. The van der Waals surface area contributed by atoms with Crippen molar-refractivity contribution in [1.82, 2.24) is 10.2 Å². The van der Waals surface area contributed by atoms with Crippen molar-refractivity contribution >= 4 is 18.6 Å². The lowest BCUT2D eigenvalue weighted by molar-refractivity contribution is -0.255. The van der Waals surface area contributed by atoms with E-state index < -0.39 is 12.7 Å². The lowest BCUT2D eigenvalue weighted by atomic mass is 9.70. The molecule has 3 aliphatic rings. The van der Waals surface area contributed by atoms with E-state index in [9.17, 15) is 24.7 Å². The normalized spacial score (nSPS) is 23.1. The molecule has 3 aliphatic heterocycles. The molecule has 1 aromatic carbocycles. The molecule has 4 rings (SSSR count). The number of amides is 1. The third-order valence-electron chi connectivity index (χ3n) is 5.31. The van der Waals surface area contributed by atoms with Gasteiger partial charge in [-0.3, -0.25) is 4.79 Å². The topological polar surface area (TPSA) is 131 Å². The highest BCUT2D eigenvalue weighted by atomic mass is 16.6. The van der Waals surface area contributed by atoms with Crippen LogP contribution in [0.2, 0.25) is 6.32 Å². The van der Waals surface area contributed by atoms with Gasteiger partial charge in [-0.15, -0.1) is 0 Å². The molecule has 0 radical (unpaired) electrons. The Bertz CT molecular complexity index is 773. The van der Waals surface area contributed by atoms with Crippen molar-refractivity contribution in [2.45, 2.75) is 45.2 Å². The number of nitrogens with one attached hydrogen (secondary N) is 1. The molecule has 28 heavy (non-hydrogen) atoms. The van der Waals surface area contributed by atoms with Crippen LogP contribution in [0.3, 0.4) is 0 Å². The second-order valence-corrected chi connectivity index (χ2v) is 7.36. The molecule has 3 heterocycles. The Morgan fingerprint density at radius 3 is 2.71 bits per heavy atom. The summed E-state index contributed by atoms with van der Waals surface area (Å²) in [5.41, 5.74) is 0.226. The van der Waals surface area contributed by atoms with E-state index in [0.717, 1.165) is 19.4 Å². The van der Waals surface area contributed by atoms with Crippen molar-refractivity contribution in [3.05, 3.63) is 23.3 Å². The molecule has 0 aromatic heterocycles. The Kier molecular flexibility index (Phi) is 5.56. The Morgan fingerprint density at radius 2 is 2.07 bits per heavy atom. The minimum Gasteiger partial charge on any atom is -0.669 e. The van der Waals surface area contributed by atoms with E-state index in [1.165, 1.54) is 6.07 Å². The van der Waals surface area contributed by atoms with Crippen molar-refractivity contribution in [2.75, 3.05) is 19.6 Å². The van der Waals surface area contributed by atoms with Gasteiger partial charge >= 0.3 is 6.75 Å². The fourth-order valence-electron chi connectivity index (χ4n) is 3.81. The summed E-state index contributed by atoms with van der Waals surface area (Å²) >= 11 is 0. The van der Waals surface area contributed by atoms with Gasteiger partial charge in [-0.2, -0.15) is 0 Å². The lowest BCUT2D eigenvalue weighted by Gasteiger charge is -2.41. The summed E-state index contributed by atoms with van der Waals surface area (Å²) in [6.45, 7) is -1.52. The molecule has 0 unspecified atom stereocenters. The number of aromatic carboxylic acids is 1. The van der Waals surface area contributed by atoms with Gasteiger partial charge < -0.3 is 39.6 Å². The molecule has 2 saturated heterocycles. The molecule has 1 amide bonds. The molecular weight excluding hydrogens is 367 g/mol. The van der Waals surface area contributed by atoms with E-state index in [-0.39, 0.29) is 55.3 Å². The number of hydrogen-bond donors (Lipinski definition) is 3. The van der Waals surface area contributed by atoms with E-state index in [1.54, 1.807) is 11.0 Å². The minimum absolute atomic E-state index is 0. The van der Waals surface area contributed by atoms with E-state index in [4.69, 9.17) is 9.39 Å². The second kappa shape index (κ2) is 7.61. The highest BCUT2D eigenvalue weighted by Gasteiger charge is 2.37. The van der Waals surface area contributed by atoms with Crippen molar-refractivity contribution in [3.8, 4) is 11.5 Å². The number of carbonyl (C=O) groups excluding carboxylic acids is 2. The third kappa shape index (κ3) is 3.80. The van der Waals surface area contributed by atoms with Crippen molar-refractivity contribution in [1.29, 1.82) is 0 Å². The van der Waals surface area contributed by atoms with E-state index in [2.05, 4.69) is 5.32 Å². The summed E-state index contributed by atoms with van der Waals surface area (Å²) in [4.78, 5) is 25.6. The minimum atomic E-state index is -3.10. The molecule has 1 aromatic rings. The van der Waals surface area contributed by atoms with Gasteiger partial charge in [0, 0.05) is 0 Å². The summed E-state index contributed by atoms with van der Waals surface area (Å²) in [5.74, 6) is -1.56. The SMILES string of the molecule is C.O=C([O-])c1c(OC2CN(C(=O)[C@@H]3CCCN3)C2)ccc2c1O[B-](O)(O)CC2. The lowest BCUT2D eigenvalue weighted by Crippen LogP contribution is -2.59. The highest BCUT2D eigenvalue weighted by Crippen LogP contribution is 2.38. The number of nitrogens with zero attached hydrogens (tertiary/aromatic N) is 1. The molecule has 1 atom stereocenters. The number of benzene rings is 1. The molecule has 9 nitrogen and oxygen atoms in total. The number of ether oxygens (including phenoxy) is 1. The number of likely N-dealkylation sites (tertiary alicyclic amines) is 1. The fourth-order valence-corrected chi connectivity index (χ4v) is 3.81. The van der Waals surface area contributed by atoms with Gasteiger partial charge in [0.1, 0.15) is 11.9 Å². The van der Waals surface area contributed by atoms with Gasteiger partial charge in [0.15, 0.2) is 0 Å². The number of carboxylic acid groups (broad SMARTS) is 1. The van der Waals surface area contributed by atoms with Gasteiger partial charge in [-0.1, -0.05) is 19.8 Å². The zero-order chi connectivity index (χ0) is 19.2. The maximum Gasteiger partial charge on any atom is 0.430 e. The smallest absolute Gasteiger partial charge is 0.430 e. The number of rotatable bonds is 4. The van der Waals surface area contributed by atoms with E-state index in [0.29, 0.717) is 18.7 Å². The number of hydrogen-bond acceptors (Lipinski definition) is 8. The molecule has 154 valence electrons. The molecule has 0 saturated carbocycles. The van der Waals surface area contributed by atoms with Crippen LogP contribution in [0, 0.1) is 0 Å². The van der Waals surface area contributed by atoms with Gasteiger partial charge in [0.25, 0.3) is 0 Å². The molecule has 3 N–H and O–H groups in total. The monoisotopic (exact) mass is 392 g/mol. The summed E-state index contributed by atoms with van der Waals surface area (Å²) < 4.78 is 10.9. The predicted octanol–water partition coefficient (Wildman–Crippen LogP) is -1.11. The van der Waals surface area contributed by atoms with Crippen LogP contribution in [0.15, 0.2) is 12.1 Å². The number of carbonyl (C=O) groups is 2. The summed E-state index contributed by atoms with van der Waals surface area (Å²) in [6, 6.07) is 3.02. The maximum atomic E-state index is 12.3. The number of carboxylic acids is 1. The molecule has 10 heteroatoms. The third-order valence-corrected chi connectivity index (χ3v) is 5.31. The Balaban J connectivity index is 0.00000225. The van der Waals surface area contributed by atoms with Gasteiger partial charge in [0.05, 0.1) is 36.4 Å². The average molecular weight is 392 g/mol. The summed E-state index contributed by atoms with van der Waals surface area (Å²) in [7, 11) is 0. The standard InChI is InChI=1S/C17H22BN2O7.CH4/c21-16(12-2-1-7-19-12)20-8-11(9-20)26-13-4-3-10-5-6-18(24,25)27-15(10)14(13)17(22)23;/h3-4,11-12,19,24-25H,1-2,5-9H2,(H,22,23);1H4/q-1;/p-1/t12-;/m0./s1. The molecule has 0 aliphatic carbocycles. The Hall–Kier alpha value is -2.30. The zero-order valence-corrected chi connectivity index (χ0v) is 14.7. The number of fused-ring (bicyclic) bond motifs is 1. The van der Waals surface area contributed by atoms with Gasteiger partial charge in [0.2, 0.25) is 5.91 Å². The Morgan fingerprint density at radius 1 is 1.32 bits per heavy atom. The Labute approximate surface area is 163 Å². The van der Waals surface area contributed by atoms with Crippen molar-refractivity contribution in [2.24, 2.45) is 0 Å². The molecular formula is C18H25BN2O7-2. The van der Waals surface area contributed by atoms with Crippen LogP contribution in [-0.4, -0.2) is 65.4 Å². The second-order valence-electron chi connectivity index (χ2n) is 7.36. The van der Waals surface area contributed by atoms with Crippen molar-refractivity contribution < 1.29 is 34.1 Å². The first-order valence-electron chi connectivity index (χ1n) is 9.19. The first kappa shape index (κ1) is 20.4. The van der Waals surface area contributed by atoms with Crippen LogP contribution in [0.4, 0.5) is 0 Å². The molecule has 0 spiro atoms. The van der Waals surface area contributed by atoms with E-state index >= 15 is 0 Å². The zero-order valence-electron chi connectivity index (χ0n) is 14.7. The fraction of sp³-hybridized carbons (Fsp3) is 0.556. The summed E-state index contributed by atoms with van der Waals surface area (Å²) in [6.07, 6.45) is 1.74. The van der Waals surface area contributed by atoms with Crippen LogP contribution < -0.4 is 19.8 Å². The van der Waals surface area contributed by atoms with Crippen LogP contribution in [0.25, 0.3) is 0 Å². The largest absolute Gasteiger partial charge is 0.669 e. The maximum absolute atomic E-state index is 12.3. The van der Waals surface area contributed by atoms with E-state index in [1.807, 2.05) is 0 Å². The quantitative estimate of drug-likeness (QED) is 0.550.